The highest BCUT2D eigenvalue weighted by molar-refractivity contribution is 7.89. The molecule has 1 aromatic carbocycles. The van der Waals surface area contributed by atoms with Gasteiger partial charge >= 0.3 is 0 Å². The fourth-order valence-corrected chi connectivity index (χ4v) is 2.70. The summed E-state index contributed by atoms with van der Waals surface area (Å²) in [6.07, 6.45) is 0.522. The highest BCUT2D eigenvalue weighted by Gasteiger charge is 2.11. The van der Waals surface area contributed by atoms with Crippen LogP contribution in [0.25, 0.3) is 0 Å². The van der Waals surface area contributed by atoms with Crippen LogP contribution in [0.4, 0.5) is 5.69 Å². The van der Waals surface area contributed by atoms with Gasteiger partial charge in [-0.2, -0.15) is 0 Å². The van der Waals surface area contributed by atoms with Crippen LogP contribution in [0.1, 0.15) is 24.5 Å². The molecular weight excluding hydrogens is 264 g/mol. The van der Waals surface area contributed by atoms with Crippen molar-refractivity contribution in [3.63, 3.8) is 0 Å². The summed E-state index contributed by atoms with van der Waals surface area (Å²) in [7, 11) is -3.35. The van der Waals surface area contributed by atoms with Crippen molar-refractivity contribution in [2.24, 2.45) is 0 Å². The monoisotopic (exact) mass is 284 g/mol. The molecule has 1 rings (SSSR count). The predicted octanol–water partition coefficient (Wildman–Crippen LogP) is 1.57. The Morgan fingerprint density at radius 1 is 1.26 bits per heavy atom. The van der Waals surface area contributed by atoms with E-state index in [9.17, 15) is 13.2 Å². The Morgan fingerprint density at radius 3 is 2.53 bits per heavy atom. The molecule has 0 heterocycles. The van der Waals surface area contributed by atoms with E-state index in [1.54, 1.807) is 6.92 Å². The Balaban J connectivity index is 2.56. The van der Waals surface area contributed by atoms with Crippen LogP contribution >= 0.6 is 0 Å². The smallest absolute Gasteiger partial charge is 0.239 e. The van der Waals surface area contributed by atoms with Crippen LogP contribution in [0.3, 0.4) is 0 Å². The number of hydrogen-bond acceptors (Lipinski definition) is 3. The second-order valence-electron chi connectivity index (χ2n) is 4.51. The van der Waals surface area contributed by atoms with Gasteiger partial charge in [-0.25, -0.2) is 13.1 Å². The molecule has 0 radical (unpaired) electrons. The van der Waals surface area contributed by atoms with Crippen LogP contribution in [0.2, 0.25) is 0 Å². The maximum absolute atomic E-state index is 11.7. The summed E-state index contributed by atoms with van der Waals surface area (Å²) in [5.41, 5.74) is 2.76. The molecule has 0 aromatic heterocycles. The lowest BCUT2D eigenvalue weighted by Gasteiger charge is -2.10. The molecule has 1 aromatic rings. The van der Waals surface area contributed by atoms with Gasteiger partial charge < -0.3 is 5.32 Å². The van der Waals surface area contributed by atoms with Gasteiger partial charge in [-0.05, 0) is 31.9 Å². The zero-order valence-electron chi connectivity index (χ0n) is 11.5. The second-order valence-corrected chi connectivity index (χ2v) is 6.43. The molecule has 0 atom stereocenters. The first-order chi connectivity index (χ1) is 8.84. The van der Waals surface area contributed by atoms with Gasteiger partial charge in [0.1, 0.15) is 0 Å². The van der Waals surface area contributed by atoms with E-state index < -0.39 is 10.0 Å². The van der Waals surface area contributed by atoms with Gasteiger partial charge in [0, 0.05) is 5.69 Å². The summed E-state index contributed by atoms with van der Waals surface area (Å²) >= 11 is 0. The number of aryl methyl sites for hydroxylation is 2. The van der Waals surface area contributed by atoms with Crippen LogP contribution in [0, 0.1) is 13.8 Å². The van der Waals surface area contributed by atoms with E-state index in [1.807, 2.05) is 32.0 Å². The highest BCUT2D eigenvalue weighted by Crippen LogP contribution is 2.15. The van der Waals surface area contributed by atoms with Crippen molar-refractivity contribution in [2.45, 2.75) is 27.2 Å². The van der Waals surface area contributed by atoms with E-state index in [-0.39, 0.29) is 18.2 Å². The zero-order valence-corrected chi connectivity index (χ0v) is 12.3. The Bertz CT molecular complexity index is 553. The molecule has 0 aliphatic rings. The number of anilines is 1. The van der Waals surface area contributed by atoms with E-state index in [0.29, 0.717) is 12.1 Å². The molecule has 2 N–H and O–H groups in total. The third kappa shape index (κ3) is 5.40. The maximum Gasteiger partial charge on any atom is 0.239 e. The summed E-state index contributed by atoms with van der Waals surface area (Å²) in [6, 6.07) is 5.66. The van der Waals surface area contributed by atoms with Crippen LogP contribution < -0.4 is 10.0 Å². The molecule has 0 saturated heterocycles. The molecule has 0 bridgehead atoms. The molecule has 6 heteroatoms. The number of rotatable bonds is 6. The Kier molecular flexibility index (Phi) is 5.50. The Morgan fingerprint density at radius 2 is 1.95 bits per heavy atom. The number of benzene rings is 1. The second kappa shape index (κ2) is 6.68. The third-order valence-electron chi connectivity index (χ3n) is 2.58. The molecule has 0 aliphatic carbocycles. The quantitative estimate of drug-likeness (QED) is 0.832. The number of amides is 1. The summed E-state index contributed by atoms with van der Waals surface area (Å²) in [5.74, 6) is -0.337. The van der Waals surface area contributed by atoms with Crippen LogP contribution in [-0.4, -0.2) is 26.6 Å². The SMILES string of the molecule is CCCS(=O)(=O)NCC(=O)Nc1ccc(C)cc1C. The first-order valence-electron chi connectivity index (χ1n) is 6.18. The predicted molar refractivity (Wildman–Crippen MR) is 76.6 cm³/mol. The van der Waals surface area contributed by atoms with Gasteiger partial charge in [0.05, 0.1) is 12.3 Å². The number of nitrogens with one attached hydrogen (secondary N) is 2. The normalized spacial score (nSPS) is 11.3. The average Bonchev–Trinajstić information content (AvgIpc) is 2.30. The van der Waals surface area contributed by atoms with Crippen molar-refractivity contribution >= 4 is 21.6 Å². The van der Waals surface area contributed by atoms with Crippen LogP contribution in [0.15, 0.2) is 18.2 Å². The van der Waals surface area contributed by atoms with Crippen LogP contribution in [0.5, 0.6) is 0 Å². The average molecular weight is 284 g/mol. The van der Waals surface area contributed by atoms with Crippen LogP contribution in [-0.2, 0) is 14.8 Å². The van der Waals surface area contributed by atoms with Crippen molar-refractivity contribution in [1.29, 1.82) is 0 Å². The minimum absolute atomic E-state index is 0.0316. The maximum atomic E-state index is 11.7. The molecule has 0 unspecified atom stereocenters. The Labute approximate surface area is 114 Å². The molecule has 106 valence electrons. The van der Waals surface area contributed by atoms with E-state index in [2.05, 4.69) is 10.0 Å². The summed E-state index contributed by atoms with van der Waals surface area (Å²) in [5, 5.41) is 2.69. The molecule has 5 nitrogen and oxygen atoms in total. The largest absolute Gasteiger partial charge is 0.325 e. The van der Waals surface area contributed by atoms with E-state index in [4.69, 9.17) is 0 Å². The van der Waals surface area contributed by atoms with Gasteiger partial charge in [0.25, 0.3) is 0 Å². The van der Waals surface area contributed by atoms with Gasteiger partial charge in [-0.15, -0.1) is 0 Å². The lowest BCUT2D eigenvalue weighted by atomic mass is 10.1. The summed E-state index contributed by atoms with van der Waals surface area (Å²) in [6.45, 7) is 5.39. The number of sulfonamides is 1. The minimum atomic E-state index is -3.35. The van der Waals surface area contributed by atoms with Gasteiger partial charge in [0.2, 0.25) is 15.9 Å². The topological polar surface area (TPSA) is 75.3 Å². The van der Waals surface area contributed by atoms with Crippen molar-refractivity contribution in [3.05, 3.63) is 29.3 Å². The highest BCUT2D eigenvalue weighted by atomic mass is 32.2. The third-order valence-corrected chi connectivity index (χ3v) is 4.11. The van der Waals surface area contributed by atoms with Gasteiger partial charge in [-0.3, -0.25) is 4.79 Å². The Hall–Kier alpha value is -1.40. The first-order valence-corrected chi connectivity index (χ1v) is 7.83. The molecular formula is C13H20N2O3S. The molecule has 19 heavy (non-hydrogen) atoms. The molecule has 0 fully saturated rings. The molecule has 0 aliphatic heterocycles. The van der Waals surface area contributed by atoms with Crippen molar-refractivity contribution < 1.29 is 13.2 Å². The molecule has 1 amide bonds. The van der Waals surface area contributed by atoms with Crippen molar-refractivity contribution in [2.75, 3.05) is 17.6 Å². The standard InChI is InChI=1S/C13H20N2O3S/c1-4-7-19(17,18)14-9-13(16)15-12-6-5-10(2)8-11(12)3/h5-6,8,14H,4,7,9H2,1-3H3,(H,15,16). The lowest BCUT2D eigenvalue weighted by Crippen LogP contribution is -2.34. The molecule has 0 spiro atoms. The summed E-state index contributed by atoms with van der Waals surface area (Å²) < 4.78 is 25.1. The van der Waals surface area contributed by atoms with E-state index >= 15 is 0 Å². The number of hydrogen-bond donors (Lipinski definition) is 2. The minimum Gasteiger partial charge on any atom is -0.325 e. The number of carbonyl (C=O) groups excluding carboxylic acids is 1. The van der Waals surface area contributed by atoms with Gasteiger partial charge in [0.15, 0.2) is 0 Å². The number of carbonyl (C=O) groups is 1. The fraction of sp³-hybridized carbons (Fsp3) is 0.462. The van der Waals surface area contributed by atoms with E-state index in [0.717, 1.165) is 11.1 Å². The zero-order chi connectivity index (χ0) is 14.5. The summed E-state index contributed by atoms with van der Waals surface area (Å²) in [4.78, 5) is 11.7. The molecule has 0 saturated carbocycles. The first kappa shape index (κ1) is 15.7. The fourth-order valence-electron chi connectivity index (χ4n) is 1.66. The van der Waals surface area contributed by atoms with Crippen molar-refractivity contribution in [1.82, 2.24) is 4.72 Å². The van der Waals surface area contributed by atoms with Gasteiger partial charge in [-0.1, -0.05) is 24.6 Å². The lowest BCUT2D eigenvalue weighted by molar-refractivity contribution is -0.115. The van der Waals surface area contributed by atoms with Crippen molar-refractivity contribution in [3.8, 4) is 0 Å². The van der Waals surface area contributed by atoms with E-state index in [1.165, 1.54) is 0 Å².